The molecule has 2 atom stereocenters. The summed E-state index contributed by atoms with van der Waals surface area (Å²) in [7, 11) is 5.14. The Hall–Kier alpha value is -3.04. The fourth-order valence-electron chi connectivity index (χ4n) is 2.70. The molecule has 2 N–H and O–H groups in total. The van der Waals surface area contributed by atoms with Gasteiger partial charge in [-0.15, -0.1) is 0 Å². The molecule has 0 saturated carbocycles. The first-order valence-corrected chi connectivity index (χ1v) is 8.34. The number of hydrogen-bond donors (Lipinski definition) is 2. The lowest BCUT2D eigenvalue weighted by molar-refractivity contribution is -0.907. The average Bonchev–Trinajstić information content (AvgIpc) is 2.67. The number of carbonyl (C=O) groups is 1. The van der Waals surface area contributed by atoms with E-state index in [2.05, 4.69) is 11.4 Å². The summed E-state index contributed by atoms with van der Waals surface area (Å²) in [6.45, 7) is 2.45. The maximum Gasteiger partial charge on any atom is 0.282 e. The molecule has 0 aromatic heterocycles. The zero-order chi connectivity index (χ0) is 19.1. The number of nitriles is 1. The first-order chi connectivity index (χ1) is 12.5. The molecule has 0 fully saturated rings. The number of amides is 1. The number of rotatable bonds is 7. The highest BCUT2D eigenvalue weighted by Crippen LogP contribution is 2.30. The predicted octanol–water partition coefficient (Wildman–Crippen LogP) is 1.62. The van der Waals surface area contributed by atoms with Crippen molar-refractivity contribution in [3.8, 4) is 17.6 Å². The highest BCUT2D eigenvalue weighted by molar-refractivity contribution is 5.94. The van der Waals surface area contributed by atoms with Crippen LogP contribution >= 0.6 is 0 Å². The molecule has 0 heterocycles. The standard InChI is InChI=1S/C20H23N3O3/c1-14(20(24)22-17-10-6-5-8-15(17)12-21)23(2)13-16-9-7-11-18(25-3)19(16)26-4/h5-11,14H,13H2,1-4H3,(H,22,24)/p+1/t14-/m1/s1. The summed E-state index contributed by atoms with van der Waals surface area (Å²) in [5, 5.41) is 12.0. The van der Waals surface area contributed by atoms with E-state index < -0.39 is 0 Å². The Morgan fingerprint density at radius 1 is 1.19 bits per heavy atom. The van der Waals surface area contributed by atoms with Crippen LogP contribution in [0.1, 0.15) is 18.1 Å². The average molecular weight is 354 g/mol. The molecule has 1 unspecified atom stereocenters. The molecule has 2 rings (SSSR count). The van der Waals surface area contributed by atoms with Crippen LogP contribution in [0.5, 0.6) is 11.5 Å². The number of para-hydroxylation sites is 2. The number of ether oxygens (including phenoxy) is 2. The monoisotopic (exact) mass is 354 g/mol. The van der Waals surface area contributed by atoms with Crippen molar-refractivity contribution in [3.05, 3.63) is 53.6 Å². The molecule has 2 aromatic rings. The van der Waals surface area contributed by atoms with Crippen molar-refractivity contribution in [1.29, 1.82) is 5.26 Å². The van der Waals surface area contributed by atoms with Gasteiger partial charge in [-0.1, -0.05) is 18.2 Å². The van der Waals surface area contributed by atoms with E-state index in [1.54, 1.807) is 38.5 Å². The van der Waals surface area contributed by atoms with Gasteiger partial charge in [0.05, 0.1) is 38.1 Å². The summed E-state index contributed by atoms with van der Waals surface area (Å²) in [6.07, 6.45) is 0. The minimum absolute atomic E-state index is 0.146. The highest BCUT2D eigenvalue weighted by atomic mass is 16.5. The second-order valence-corrected chi connectivity index (χ2v) is 6.04. The van der Waals surface area contributed by atoms with Gasteiger partial charge in [-0.3, -0.25) is 4.79 Å². The van der Waals surface area contributed by atoms with Crippen LogP contribution in [0, 0.1) is 11.3 Å². The van der Waals surface area contributed by atoms with Gasteiger partial charge in [-0.2, -0.15) is 5.26 Å². The highest BCUT2D eigenvalue weighted by Gasteiger charge is 2.24. The van der Waals surface area contributed by atoms with Crippen LogP contribution < -0.4 is 19.7 Å². The largest absolute Gasteiger partial charge is 0.493 e. The smallest absolute Gasteiger partial charge is 0.282 e. The van der Waals surface area contributed by atoms with Crippen LogP contribution in [-0.2, 0) is 11.3 Å². The number of benzene rings is 2. The van der Waals surface area contributed by atoms with Crippen LogP contribution in [-0.4, -0.2) is 33.2 Å². The quantitative estimate of drug-likeness (QED) is 0.792. The van der Waals surface area contributed by atoms with E-state index in [1.165, 1.54) is 0 Å². The van der Waals surface area contributed by atoms with Crippen LogP contribution in [0.2, 0.25) is 0 Å². The molecule has 0 spiro atoms. The van der Waals surface area contributed by atoms with Crippen LogP contribution in [0.4, 0.5) is 5.69 Å². The number of carbonyl (C=O) groups excluding carboxylic acids is 1. The van der Waals surface area contributed by atoms with E-state index in [0.717, 1.165) is 10.5 Å². The molecule has 0 aliphatic heterocycles. The number of nitrogens with one attached hydrogen (secondary N) is 2. The molecule has 0 saturated heterocycles. The third kappa shape index (κ3) is 4.32. The molecule has 0 aliphatic rings. The van der Waals surface area contributed by atoms with E-state index >= 15 is 0 Å². The van der Waals surface area contributed by atoms with Crippen molar-refractivity contribution < 1.29 is 19.2 Å². The number of quaternary nitrogens is 1. The third-order valence-electron chi connectivity index (χ3n) is 4.39. The maximum atomic E-state index is 12.6. The molecule has 0 aliphatic carbocycles. The Morgan fingerprint density at radius 3 is 2.58 bits per heavy atom. The summed E-state index contributed by atoms with van der Waals surface area (Å²) < 4.78 is 10.8. The van der Waals surface area contributed by atoms with Crippen molar-refractivity contribution in [2.24, 2.45) is 0 Å². The number of methoxy groups -OCH3 is 2. The summed E-state index contributed by atoms with van der Waals surface area (Å²) in [6, 6.07) is 14.4. The fourth-order valence-corrected chi connectivity index (χ4v) is 2.70. The summed E-state index contributed by atoms with van der Waals surface area (Å²) in [5.41, 5.74) is 1.93. The topological polar surface area (TPSA) is 75.8 Å². The van der Waals surface area contributed by atoms with Gasteiger partial charge >= 0.3 is 0 Å². The predicted molar refractivity (Wildman–Crippen MR) is 99.4 cm³/mol. The SMILES string of the molecule is COc1cccc(C[NH+](C)[C@H](C)C(=O)Nc2ccccc2C#N)c1OC. The van der Waals surface area contributed by atoms with Crippen molar-refractivity contribution in [2.75, 3.05) is 26.6 Å². The van der Waals surface area contributed by atoms with Gasteiger partial charge in [0.2, 0.25) is 0 Å². The van der Waals surface area contributed by atoms with Crippen molar-refractivity contribution in [2.45, 2.75) is 19.5 Å². The van der Waals surface area contributed by atoms with Gasteiger partial charge in [0.25, 0.3) is 5.91 Å². The molecular weight excluding hydrogens is 330 g/mol. The number of hydrogen-bond acceptors (Lipinski definition) is 4. The molecule has 0 bridgehead atoms. The Balaban J connectivity index is 2.11. The molecule has 2 aromatic carbocycles. The first-order valence-electron chi connectivity index (χ1n) is 8.34. The second kappa shape index (κ2) is 8.88. The lowest BCUT2D eigenvalue weighted by atomic mass is 10.1. The Bertz CT molecular complexity index is 814. The van der Waals surface area contributed by atoms with Crippen LogP contribution in [0.3, 0.4) is 0 Å². The minimum atomic E-state index is -0.322. The van der Waals surface area contributed by atoms with Gasteiger partial charge in [0.15, 0.2) is 17.5 Å². The van der Waals surface area contributed by atoms with Gasteiger partial charge in [-0.25, -0.2) is 0 Å². The molecular formula is C20H24N3O3+. The van der Waals surface area contributed by atoms with Crippen LogP contribution in [0.15, 0.2) is 42.5 Å². The zero-order valence-electron chi connectivity index (χ0n) is 15.5. The maximum absolute atomic E-state index is 12.6. The molecule has 136 valence electrons. The van der Waals surface area contributed by atoms with E-state index in [9.17, 15) is 4.79 Å². The normalized spacial score (nSPS) is 12.6. The molecule has 6 heteroatoms. The van der Waals surface area contributed by atoms with Crippen LogP contribution in [0.25, 0.3) is 0 Å². The zero-order valence-corrected chi connectivity index (χ0v) is 15.5. The molecule has 6 nitrogen and oxygen atoms in total. The first kappa shape index (κ1) is 19.3. The van der Waals surface area contributed by atoms with E-state index in [0.29, 0.717) is 29.3 Å². The van der Waals surface area contributed by atoms with E-state index in [1.807, 2.05) is 32.2 Å². The van der Waals surface area contributed by atoms with Gasteiger partial charge < -0.3 is 19.7 Å². The van der Waals surface area contributed by atoms with Crippen molar-refractivity contribution >= 4 is 11.6 Å². The number of anilines is 1. The van der Waals surface area contributed by atoms with Crippen molar-refractivity contribution in [1.82, 2.24) is 0 Å². The van der Waals surface area contributed by atoms with Gasteiger partial charge in [0.1, 0.15) is 12.6 Å². The number of nitrogens with zero attached hydrogens (tertiary/aromatic N) is 1. The summed E-state index contributed by atoms with van der Waals surface area (Å²) in [5.74, 6) is 1.20. The van der Waals surface area contributed by atoms with Gasteiger partial charge in [0, 0.05) is 0 Å². The number of likely N-dealkylation sites (N-methyl/N-ethyl adjacent to an activating group) is 1. The van der Waals surface area contributed by atoms with Gasteiger partial charge in [-0.05, 0) is 31.2 Å². The lowest BCUT2D eigenvalue weighted by Gasteiger charge is -2.22. The second-order valence-electron chi connectivity index (χ2n) is 6.04. The molecule has 26 heavy (non-hydrogen) atoms. The Labute approximate surface area is 153 Å². The summed E-state index contributed by atoms with van der Waals surface area (Å²) in [4.78, 5) is 13.6. The summed E-state index contributed by atoms with van der Waals surface area (Å²) >= 11 is 0. The minimum Gasteiger partial charge on any atom is -0.493 e. The lowest BCUT2D eigenvalue weighted by Crippen LogP contribution is -3.12. The molecule has 0 radical (unpaired) electrons. The third-order valence-corrected chi connectivity index (χ3v) is 4.39. The van der Waals surface area contributed by atoms with Crippen molar-refractivity contribution in [3.63, 3.8) is 0 Å². The van der Waals surface area contributed by atoms with E-state index in [-0.39, 0.29) is 11.9 Å². The molecule has 1 amide bonds. The van der Waals surface area contributed by atoms with E-state index in [4.69, 9.17) is 14.7 Å². The fraction of sp³-hybridized carbons (Fsp3) is 0.300. The Morgan fingerprint density at radius 2 is 1.92 bits per heavy atom. The Kier molecular flexibility index (Phi) is 6.59.